The fourth-order valence-corrected chi connectivity index (χ4v) is 2.07. The molecule has 3 N–H and O–H groups in total. The third kappa shape index (κ3) is 2.79. The Hall–Kier alpha value is -3.50. The molecule has 3 aromatic heterocycles. The van der Waals surface area contributed by atoms with E-state index in [2.05, 4.69) is 25.5 Å². The summed E-state index contributed by atoms with van der Waals surface area (Å²) >= 11 is 0. The minimum Gasteiger partial charge on any atom is -0.378 e. The molecule has 3 aromatic rings. The Bertz CT molecular complexity index is 883. The summed E-state index contributed by atoms with van der Waals surface area (Å²) in [5.41, 5.74) is 6.60. The Balaban J connectivity index is 2.09. The van der Waals surface area contributed by atoms with E-state index in [0.29, 0.717) is 11.3 Å². The Kier molecular flexibility index (Phi) is 3.37. The van der Waals surface area contributed by atoms with Crippen LogP contribution >= 0.6 is 0 Å². The molecule has 0 saturated heterocycles. The van der Waals surface area contributed by atoms with E-state index in [-0.39, 0.29) is 23.1 Å². The number of aryl methyl sites for hydroxylation is 2. The second-order valence-electron chi connectivity index (χ2n) is 4.82. The summed E-state index contributed by atoms with van der Waals surface area (Å²) in [5.74, 6) is -0.0878. The zero-order valence-electron chi connectivity index (χ0n) is 12.3. The van der Waals surface area contributed by atoms with Gasteiger partial charge in [0.05, 0.1) is 23.0 Å². The van der Waals surface area contributed by atoms with Crippen molar-refractivity contribution >= 4 is 23.1 Å². The van der Waals surface area contributed by atoms with E-state index in [1.54, 1.807) is 37.4 Å². The summed E-state index contributed by atoms with van der Waals surface area (Å²) in [6, 6.07) is 0. The van der Waals surface area contributed by atoms with Gasteiger partial charge < -0.3 is 11.1 Å². The third-order valence-electron chi connectivity index (χ3n) is 3.03. The van der Waals surface area contributed by atoms with Gasteiger partial charge in [-0.2, -0.15) is 15.2 Å². The van der Waals surface area contributed by atoms with Crippen molar-refractivity contribution in [2.24, 2.45) is 14.1 Å². The number of nitrogens with zero attached hydrogens (tertiary/aromatic N) is 7. The van der Waals surface area contributed by atoms with Crippen LogP contribution in [-0.2, 0) is 14.1 Å². The van der Waals surface area contributed by atoms with Crippen LogP contribution in [0.15, 0.2) is 24.8 Å². The highest BCUT2D eigenvalue weighted by Crippen LogP contribution is 2.33. The molecule has 11 heteroatoms. The number of anilines is 3. The second kappa shape index (κ2) is 5.36. The minimum atomic E-state index is -0.606. The Morgan fingerprint density at radius 1 is 1.17 bits per heavy atom. The number of aromatic nitrogens is 6. The van der Waals surface area contributed by atoms with Crippen LogP contribution in [0, 0.1) is 10.1 Å². The molecule has 11 nitrogen and oxygen atoms in total. The summed E-state index contributed by atoms with van der Waals surface area (Å²) in [6.45, 7) is 0. The first kappa shape index (κ1) is 14.4. The van der Waals surface area contributed by atoms with Crippen LogP contribution in [0.25, 0.3) is 11.3 Å². The van der Waals surface area contributed by atoms with Gasteiger partial charge >= 0.3 is 5.69 Å². The van der Waals surface area contributed by atoms with Crippen molar-refractivity contribution in [1.29, 1.82) is 0 Å². The van der Waals surface area contributed by atoms with Gasteiger partial charge in [0, 0.05) is 32.1 Å². The van der Waals surface area contributed by atoms with E-state index < -0.39 is 4.92 Å². The van der Waals surface area contributed by atoms with Crippen molar-refractivity contribution in [2.45, 2.75) is 0 Å². The zero-order chi connectivity index (χ0) is 16.6. The predicted octanol–water partition coefficient (Wildman–Crippen LogP) is 0.845. The average molecular weight is 315 g/mol. The highest BCUT2D eigenvalue weighted by Gasteiger charge is 2.25. The number of nitrogens with one attached hydrogen (secondary N) is 1. The first-order valence-electron chi connectivity index (χ1n) is 6.50. The predicted molar refractivity (Wildman–Crippen MR) is 81.8 cm³/mol. The van der Waals surface area contributed by atoms with E-state index in [1.165, 1.54) is 10.9 Å². The molecule has 0 bridgehead atoms. The largest absolute Gasteiger partial charge is 0.378 e. The lowest BCUT2D eigenvalue weighted by Crippen LogP contribution is -2.06. The van der Waals surface area contributed by atoms with Gasteiger partial charge in [0.1, 0.15) is 0 Å². The van der Waals surface area contributed by atoms with Gasteiger partial charge in [0.2, 0.25) is 11.8 Å². The van der Waals surface area contributed by atoms with E-state index in [9.17, 15) is 10.1 Å². The Morgan fingerprint density at radius 2 is 1.87 bits per heavy atom. The number of rotatable bonds is 4. The highest BCUT2D eigenvalue weighted by atomic mass is 16.6. The van der Waals surface area contributed by atoms with Crippen molar-refractivity contribution in [1.82, 2.24) is 29.5 Å². The molecule has 118 valence electrons. The van der Waals surface area contributed by atoms with Gasteiger partial charge in [-0.1, -0.05) is 0 Å². The molecule has 23 heavy (non-hydrogen) atoms. The maximum absolute atomic E-state index is 11.3. The normalized spacial score (nSPS) is 10.7. The van der Waals surface area contributed by atoms with Gasteiger partial charge in [0.25, 0.3) is 0 Å². The van der Waals surface area contributed by atoms with Gasteiger partial charge in [-0.05, 0) is 0 Å². The molecule has 0 fully saturated rings. The molecule has 0 atom stereocenters. The fourth-order valence-electron chi connectivity index (χ4n) is 2.07. The molecular weight excluding hydrogens is 302 g/mol. The molecule has 0 amide bonds. The van der Waals surface area contributed by atoms with E-state index in [4.69, 9.17) is 5.73 Å². The van der Waals surface area contributed by atoms with Crippen LogP contribution in [0.5, 0.6) is 0 Å². The lowest BCUT2D eigenvalue weighted by molar-refractivity contribution is -0.383. The van der Waals surface area contributed by atoms with Crippen LogP contribution in [0.4, 0.5) is 23.1 Å². The highest BCUT2D eigenvalue weighted by molar-refractivity contribution is 5.77. The summed E-state index contributed by atoms with van der Waals surface area (Å²) in [4.78, 5) is 18.8. The lowest BCUT2D eigenvalue weighted by atomic mass is 10.2. The average Bonchev–Trinajstić information content (AvgIpc) is 3.06. The maximum atomic E-state index is 11.3. The molecular formula is C12H13N9O2. The van der Waals surface area contributed by atoms with Crippen molar-refractivity contribution in [3.63, 3.8) is 0 Å². The fraction of sp³-hybridized carbons (Fsp3) is 0.167. The number of nitrogen functional groups attached to an aromatic ring is 1. The summed E-state index contributed by atoms with van der Waals surface area (Å²) in [7, 11) is 3.46. The molecule has 0 unspecified atom stereocenters. The molecule has 0 spiro atoms. The molecule has 0 radical (unpaired) electrons. The smallest absolute Gasteiger partial charge is 0.337 e. The molecule has 0 saturated carbocycles. The molecule has 0 aliphatic carbocycles. The monoisotopic (exact) mass is 315 g/mol. The lowest BCUT2D eigenvalue weighted by Gasteiger charge is -2.06. The van der Waals surface area contributed by atoms with Crippen molar-refractivity contribution in [2.75, 3.05) is 11.1 Å². The topological polar surface area (TPSA) is 143 Å². The van der Waals surface area contributed by atoms with Crippen molar-refractivity contribution in [3.05, 3.63) is 34.9 Å². The van der Waals surface area contributed by atoms with Crippen LogP contribution in [0.2, 0.25) is 0 Å². The SMILES string of the molecule is Cn1cc(Nc2nc(N)c([N+](=O)[O-])c(-c3cnn(C)c3)n2)cn1. The zero-order valence-corrected chi connectivity index (χ0v) is 12.3. The first-order valence-corrected chi connectivity index (χ1v) is 6.50. The molecule has 0 aliphatic heterocycles. The van der Waals surface area contributed by atoms with Gasteiger partial charge in [-0.15, -0.1) is 0 Å². The quantitative estimate of drug-likeness (QED) is 0.532. The van der Waals surface area contributed by atoms with Crippen LogP contribution in [0.3, 0.4) is 0 Å². The number of nitro groups is 1. The van der Waals surface area contributed by atoms with Crippen LogP contribution in [-0.4, -0.2) is 34.5 Å². The summed E-state index contributed by atoms with van der Waals surface area (Å²) < 4.78 is 3.12. The van der Waals surface area contributed by atoms with Crippen molar-refractivity contribution in [3.8, 4) is 11.3 Å². The summed E-state index contributed by atoms with van der Waals surface area (Å²) in [6.07, 6.45) is 6.38. The molecule has 0 aromatic carbocycles. The van der Waals surface area contributed by atoms with E-state index in [1.807, 2.05) is 0 Å². The first-order chi connectivity index (χ1) is 10.9. The van der Waals surface area contributed by atoms with Gasteiger partial charge in [-0.3, -0.25) is 19.5 Å². The molecule has 3 heterocycles. The Morgan fingerprint density at radius 3 is 2.43 bits per heavy atom. The van der Waals surface area contributed by atoms with Gasteiger partial charge in [0.15, 0.2) is 5.69 Å². The van der Waals surface area contributed by atoms with Crippen molar-refractivity contribution < 1.29 is 4.92 Å². The minimum absolute atomic E-state index is 0.0991. The molecule has 0 aliphatic rings. The van der Waals surface area contributed by atoms with Crippen LogP contribution in [0.1, 0.15) is 0 Å². The molecule has 3 rings (SSSR count). The van der Waals surface area contributed by atoms with E-state index >= 15 is 0 Å². The summed E-state index contributed by atoms with van der Waals surface area (Å²) in [5, 5.41) is 22.2. The number of hydrogen-bond donors (Lipinski definition) is 2. The third-order valence-corrected chi connectivity index (χ3v) is 3.03. The number of hydrogen-bond acceptors (Lipinski definition) is 8. The maximum Gasteiger partial charge on any atom is 0.337 e. The van der Waals surface area contributed by atoms with E-state index in [0.717, 1.165) is 0 Å². The standard InChI is InChI=1S/C12H13N9O2/c1-19-5-7(3-14-19)9-10(21(22)23)11(13)18-12(17-9)16-8-4-15-20(2)6-8/h3-6H,1-2H3,(H3,13,16,17,18). The Labute approximate surface area is 129 Å². The van der Waals surface area contributed by atoms with Gasteiger partial charge in [-0.25, -0.2) is 4.98 Å². The van der Waals surface area contributed by atoms with Crippen LogP contribution < -0.4 is 11.1 Å². The number of nitrogens with two attached hydrogens (primary N) is 1. The second-order valence-corrected chi connectivity index (χ2v) is 4.82.